The van der Waals surface area contributed by atoms with Crippen molar-refractivity contribution >= 4 is 16.0 Å². The number of aliphatic hydroxyl groups excluding tert-OH is 3. The zero-order chi connectivity index (χ0) is 42.1. The van der Waals surface area contributed by atoms with Gasteiger partial charge >= 0.3 is 0 Å². The average Bonchev–Trinajstić information content (AvgIpc) is 3.54. The van der Waals surface area contributed by atoms with Crippen LogP contribution in [0.1, 0.15) is 156 Å². The number of carbonyl (C=O) groups is 1. The molecule has 5 rings (SSSR count). The van der Waals surface area contributed by atoms with Crippen LogP contribution in [0, 0.1) is 46.3 Å². The number of unbranched alkanes of at least 4 members (excludes halogenated alkanes) is 5. The summed E-state index contributed by atoms with van der Waals surface area (Å²) in [5, 5.41) is 34.0. The molecule has 5 aliphatic rings. The maximum atomic E-state index is 13.1. The van der Waals surface area contributed by atoms with Gasteiger partial charge in [0.25, 0.3) is 10.1 Å². The van der Waals surface area contributed by atoms with Crippen molar-refractivity contribution < 1.29 is 46.7 Å². The van der Waals surface area contributed by atoms with E-state index in [4.69, 9.17) is 13.7 Å². The number of nitrogens with one attached hydrogen (secondary N) is 1. The van der Waals surface area contributed by atoms with Gasteiger partial charge in [-0.2, -0.15) is 8.42 Å². The number of hydrogen-bond donors (Lipinski definition) is 4. The van der Waals surface area contributed by atoms with Gasteiger partial charge in [0.1, 0.15) is 18.3 Å². The van der Waals surface area contributed by atoms with Crippen LogP contribution in [0.25, 0.3) is 0 Å². The quantitative estimate of drug-likeness (QED) is 0.0487. The number of rotatable bonds is 23. The molecule has 0 spiro atoms. The summed E-state index contributed by atoms with van der Waals surface area (Å²) in [4.78, 5) is 13.0. The van der Waals surface area contributed by atoms with Gasteiger partial charge in [0.05, 0.1) is 39.5 Å². The molecule has 0 radical (unpaired) electrons. The lowest BCUT2D eigenvalue weighted by molar-refractivity contribution is -0.890. The fraction of sp³-hybridized carbons (Fsp3) is 0.978. The Morgan fingerprint density at radius 2 is 1.60 bits per heavy atom. The summed E-state index contributed by atoms with van der Waals surface area (Å²) < 4.78 is 43.7. The minimum absolute atomic E-state index is 0.130. The van der Waals surface area contributed by atoms with E-state index in [9.17, 15) is 28.5 Å². The third-order valence-electron chi connectivity index (χ3n) is 16.5. The van der Waals surface area contributed by atoms with Gasteiger partial charge in [-0.05, 0) is 111 Å². The Kier molecular flexibility index (Phi) is 17.8. The van der Waals surface area contributed by atoms with Crippen molar-refractivity contribution in [3.63, 3.8) is 0 Å². The normalized spacial score (nSPS) is 37.1. The standard InChI is InChI=1S/C46H84N2O9S/c1-7-8-9-10-11-14-30-55-44-43(42(52)41(51)39(32-49)56-44)57-58(53,54)31-16-29-48(5,6)28-15-27-47-40(50)23-18-33(2)36-21-22-37-35-20-19-34-17-12-13-25-45(34,3)38(35)24-26-46(36,37)4/h33-39,41-44,49,51-52H,7-32H2,1-6H3/p+1/t33-,34?,35?,36-,37?,38?,39-,41-,42+,43-,44?,45+,46-/m1/s1. The van der Waals surface area contributed by atoms with Crippen LogP contribution in [0.4, 0.5) is 0 Å². The highest BCUT2D eigenvalue weighted by Crippen LogP contribution is 2.68. The van der Waals surface area contributed by atoms with Gasteiger partial charge in [-0.3, -0.25) is 8.98 Å². The molecule has 11 nitrogen and oxygen atoms in total. The highest BCUT2D eigenvalue weighted by molar-refractivity contribution is 7.86. The molecule has 338 valence electrons. The smallest absolute Gasteiger partial charge is 0.268 e. The summed E-state index contributed by atoms with van der Waals surface area (Å²) in [6.07, 6.45) is 16.2. The third-order valence-corrected chi connectivity index (χ3v) is 17.8. The second-order valence-corrected chi connectivity index (χ2v) is 22.5. The van der Waals surface area contributed by atoms with Gasteiger partial charge in [0, 0.05) is 32.4 Å². The Bertz CT molecular complexity index is 1380. The topological polar surface area (TPSA) is 152 Å². The largest absolute Gasteiger partial charge is 0.394 e. The molecule has 1 aliphatic heterocycles. The number of quaternary nitrogens is 1. The van der Waals surface area contributed by atoms with E-state index in [1.54, 1.807) is 0 Å². The van der Waals surface area contributed by atoms with Crippen LogP contribution in [0.2, 0.25) is 0 Å². The van der Waals surface area contributed by atoms with Gasteiger partial charge < -0.3 is 34.6 Å². The van der Waals surface area contributed by atoms with Crippen molar-refractivity contribution in [2.45, 2.75) is 187 Å². The molecule has 1 heterocycles. The highest BCUT2D eigenvalue weighted by atomic mass is 32.2. The number of hydrogen-bond acceptors (Lipinski definition) is 9. The van der Waals surface area contributed by atoms with E-state index in [2.05, 4.69) is 47.1 Å². The predicted molar refractivity (Wildman–Crippen MR) is 228 cm³/mol. The highest BCUT2D eigenvalue weighted by Gasteiger charge is 2.60. The molecule has 0 bridgehead atoms. The first kappa shape index (κ1) is 48.2. The molecular weight excluding hydrogens is 757 g/mol. The molecule has 4 aliphatic carbocycles. The minimum atomic E-state index is -4.10. The summed E-state index contributed by atoms with van der Waals surface area (Å²) in [6, 6.07) is 0. The van der Waals surface area contributed by atoms with E-state index >= 15 is 0 Å². The predicted octanol–water partition coefficient (Wildman–Crippen LogP) is 6.96. The molecule has 4 saturated carbocycles. The zero-order valence-electron chi connectivity index (χ0n) is 37.4. The first-order valence-corrected chi connectivity index (χ1v) is 25.4. The fourth-order valence-electron chi connectivity index (χ4n) is 13.0. The first-order chi connectivity index (χ1) is 27.5. The monoisotopic (exact) mass is 842 g/mol. The lowest BCUT2D eigenvalue weighted by Crippen LogP contribution is -2.60. The van der Waals surface area contributed by atoms with Gasteiger partial charge in [-0.1, -0.05) is 72.6 Å². The molecule has 58 heavy (non-hydrogen) atoms. The fourth-order valence-corrected chi connectivity index (χ4v) is 14.1. The first-order valence-electron chi connectivity index (χ1n) is 23.8. The summed E-state index contributed by atoms with van der Waals surface area (Å²) in [5.74, 6) is 4.79. The van der Waals surface area contributed by atoms with E-state index in [1.807, 2.05) is 0 Å². The Hall–Kier alpha value is -0.860. The van der Waals surface area contributed by atoms with Crippen LogP contribution in [0.5, 0.6) is 0 Å². The molecule has 5 unspecified atom stereocenters. The Morgan fingerprint density at radius 1 is 0.879 bits per heavy atom. The van der Waals surface area contributed by atoms with Gasteiger partial charge in [0.2, 0.25) is 5.91 Å². The lowest BCUT2D eigenvalue weighted by atomic mass is 9.44. The Labute approximate surface area is 352 Å². The number of ether oxygens (including phenoxy) is 2. The van der Waals surface area contributed by atoms with Crippen LogP contribution in [0.3, 0.4) is 0 Å². The molecule has 4 N–H and O–H groups in total. The van der Waals surface area contributed by atoms with Crippen LogP contribution in [-0.2, 0) is 28.6 Å². The number of fused-ring (bicyclic) bond motifs is 5. The molecule has 13 atom stereocenters. The van der Waals surface area contributed by atoms with E-state index in [-0.39, 0.29) is 18.3 Å². The lowest BCUT2D eigenvalue weighted by Gasteiger charge is -2.61. The van der Waals surface area contributed by atoms with E-state index < -0.39 is 47.4 Å². The summed E-state index contributed by atoms with van der Waals surface area (Å²) in [7, 11) is 0.00337. The number of carbonyl (C=O) groups excluding carboxylic acids is 1. The van der Waals surface area contributed by atoms with Crippen molar-refractivity contribution in [1.29, 1.82) is 0 Å². The zero-order valence-corrected chi connectivity index (χ0v) is 38.2. The molecule has 0 aromatic rings. The van der Waals surface area contributed by atoms with E-state index in [0.717, 1.165) is 75.2 Å². The maximum absolute atomic E-state index is 13.1. The second-order valence-electron chi connectivity index (χ2n) is 20.8. The molecule has 12 heteroatoms. The summed E-state index contributed by atoms with van der Waals surface area (Å²) in [6.45, 7) is 11.5. The van der Waals surface area contributed by atoms with E-state index in [1.165, 1.54) is 70.6 Å². The van der Waals surface area contributed by atoms with Crippen molar-refractivity contribution in [3.8, 4) is 0 Å². The Balaban J connectivity index is 0.986. The van der Waals surface area contributed by atoms with Crippen molar-refractivity contribution in [3.05, 3.63) is 0 Å². The molecule has 5 fully saturated rings. The van der Waals surface area contributed by atoms with Crippen LogP contribution in [-0.4, -0.2) is 118 Å². The Morgan fingerprint density at radius 3 is 2.36 bits per heavy atom. The second kappa shape index (κ2) is 21.5. The molecule has 1 saturated heterocycles. The SMILES string of the molecule is CCCCCCCCOC1O[C@H](CO)[C@@H](O)[C@H](O)[C@H]1OS(=O)(=O)CCC[N+](C)(C)CCCNC(=O)CC[C@@H](C)[C@H]1CCC2C3CCC4CCCC[C@]4(C)C3CC[C@@]21C. The van der Waals surface area contributed by atoms with Gasteiger partial charge in [-0.15, -0.1) is 0 Å². The number of amides is 1. The molecule has 1 amide bonds. The number of aliphatic hydroxyl groups is 3. The number of nitrogens with zero attached hydrogens (tertiary/aromatic N) is 1. The molecule has 0 aromatic carbocycles. The van der Waals surface area contributed by atoms with Crippen LogP contribution >= 0.6 is 0 Å². The van der Waals surface area contributed by atoms with Gasteiger partial charge in [0.15, 0.2) is 12.4 Å². The van der Waals surface area contributed by atoms with Crippen molar-refractivity contribution in [2.24, 2.45) is 46.3 Å². The van der Waals surface area contributed by atoms with Gasteiger partial charge in [-0.25, -0.2) is 0 Å². The maximum Gasteiger partial charge on any atom is 0.268 e. The van der Waals surface area contributed by atoms with Crippen LogP contribution in [0.15, 0.2) is 0 Å². The van der Waals surface area contributed by atoms with Crippen molar-refractivity contribution in [2.75, 3.05) is 52.7 Å². The average molecular weight is 842 g/mol. The minimum Gasteiger partial charge on any atom is -0.394 e. The van der Waals surface area contributed by atoms with Crippen LogP contribution < -0.4 is 5.32 Å². The molecule has 0 aromatic heterocycles. The molecular formula is C46H85N2O9S+. The van der Waals surface area contributed by atoms with E-state index in [0.29, 0.717) is 53.1 Å². The summed E-state index contributed by atoms with van der Waals surface area (Å²) in [5.41, 5.74) is 1.00. The van der Waals surface area contributed by atoms with Crippen molar-refractivity contribution in [1.82, 2.24) is 5.32 Å². The third kappa shape index (κ3) is 12.0. The summed E-state index contributed by atoms with van der Waals surface area (Å²) >= 11 is 0.